The van der Waals surface area contributed by atoms with E-state index in [4.69, 9.17) is 4.74 Å². The number of carbonyl (C=O) groups is 1. The van der Waals surface area contributed by atoms with Crippen molar-refractivity contribution in [2.75, 3.05) is 57.8 Å². The number of likely N-dealkylation sites (N-methyl/N-ethyl adjacent to an activating group) is 1. The Morgan fingerprint density at radius 1 is 1.08 bits per heavy atom. The molecule has 1 saturated heterocycles. The minimum Gasteiger partial charge on any atom is -0.476 e. The maximum atomic E-state index is 13.2. The SMILES string of the molecule is CN1CCN(CCOc2ccc(C3=CCN(c4ccc5nnc(C(F)(F)F)n5n4)CC3)cn2)CC1=O. The second-order valence-corrected chi connectivity index (χ2v) is 8.73. The van der Waals surface area contributed by atoms with E-state index >= 15 is 0 Å². The van der Waals surface area contributed by atoms with Crippen LogP contribution in [0.2, 0.25) is 0 Å². The van der Waals surface area contributed by atoms with Crippen LogP contribution >= 0.6 is 0 Å². The molecule has 0 aliphatic carbocycles. The number of rotatable bonds is 6. The van der Waals surface area contributed by atoms with E-state index in [2.05, 4.69) is 25.2 Å². The first kappa shape index (κ1) is 24.0. The van der Waals surface area contributed by atoms with Gasteiger partial charge in [0.25, 0.3) is 5.82 Å². The molecule has 2 aliphatic rings. The molecule has 0 unspecified atom stereocenters. The molecule has 0 radical (unpaired) electrons. The summed E-state index contributed by atoms with van der Waals surface area (Å²) < 4.78 is 45.9. The van der Waals surface area contributed by atoms with Gasteiger partial charge in [-0.15, -0.1) is 15.3 Å². The highest BCUT2D eigenvalue weighted by Crippen LogP contribution is 2.29. The Morgan fingerprint density at radius 2 is 1.94 bits per heavy atom. The molecule has 0 bridgehead atoms. The van der Waals surface area contributed by atoms with Crippen LogP contribution in [-0.2, 0) is 11.0 Å². The molecule has 1 amide bonds. The molecular formula is C23H25F3N8O2. The third kappa shape index (κ3) is 5.10. The number of alkyl halides is 3. The summed E-state index contributed by atoms with van der Waals surface area (Å²) in [4.78, 5) is 21.9. The quantitative estimate of drug-likeness (QED) is 0.506. The maximum absolute atomic E-state index is 13.2. The van der Waals surface area contributed by atoms with Gasteiger partial charge in [-0.1, -0.05) is 6.08 Å². The molecule has 0 aromatic carbocycles. The van der Waals surface area contributed by atoms with Crippen molar-refractivity contribution in [3.05, 3.63) is 47.9 Å². The van der Waals surface area contributed by atoms with E-state index in [-0.39, 0.29) is 11.6 Å². The number of anilines is 1. The summed E-state index contributed by atoms with van der Waals surface area (Å²) in [6.45, 7) is 4.15. The molecule has 0 atom stereocenters. The number of nitrogens with zero attached hydrogens (tertiary/aromatic N) is 8. The second kappa shape index (κ2) is 9.72. The molecule has 36 heavy (non-hydrogen) atoms. The highest BCUT2D eigenvalue weighted by Gasteiger charge is 2.37. The summed E-state index contributed by atoms with van der Waals surface area (Å²) in [6.07, 6.45) is -0.165. The lowest BCUT2D eigenvalue weighted by Crippen LogP contribution is -2.49. The van der Waals surface area contributed by atoms with E-state index in [0.717, 1.165) is 28.7 Å². The Morgan fingerprint density at radius 3 is 2.64 bits per heavy atom. The Balaban J connectivity index is 1.17. The lowest BCUT2D eigenvalue weighted by Gasteiger charge is -2.31. The molecule has 13 heteroatoms. The number of aromatic nitrogens is 5. The molecule has 3 aromatic heterocycles. The van der Waals surface area contributed by atoms with E-state index in [9.17, 15) is 18.0 Å². The van der Waals surface area contributed by atoms with E-state index in [1.165, 1.54) is 6.07 Å². The van der Waals surface area contributed by atoms with Crippen LogP contribution in [0.15, 0.2) is 36.5 Å². The second-order valence-electron chi connectivity index (χ2n) is 8.73. The van der Waals surface area contributed by atoms with E-state index in [0.29, 0.717) is 50.9 Å². The number of carbonyl (C=O) groups excluding carboxylic acids is 1. The van der Waals surface area contributed by atoms with Crippen LogP contribution in [0.4, 0.5) is 19.0 Å². The van der Waals surface area contributed by atoms with Gasteiger partial charge in [0.1, 0.15) is 12.4 Å². The van der Waals surface area contributed by atoms with Crippen molar-refractivity contribution in [1.29, 1.82) is 0 Å². The van der Waals surface area contributed by atoms with Gasteiger partial charge in [0.05, 0.1) is 6.54 Å². The number of ether oxygens (including phenoxy) is 1. The van der Waals surface area contributed by atoms with Gasteiger partial charge >= 0.3 is 6.18 Å². The first-order valence-electron chi connectivity index (χ1n) is 11.6. The van der Waals surface area contributed by atoms with Gasteiger partial charge in [-0.25, -0.2) is 4.98 Å². The van der Waals surface area contributed by atoms with E-state index in [1.54, 1.807) is 17.2 Å². The third-order valence-electron chi connectivity index (χ3n) is 6.34. The van der Waals surface area contributed by atoms with Gasteiger partial charge in [-0.2, -0.15) is 17.7 Å². The Hall–Kier alpha value is -3.74. The lowest BCUT2D eigenvalue weighted by molar-refractivity contribution is -0.146. The summed E-state index contributed by atoms with van der Waals surface area (Å²) in [5.74, 6) is -0.0849. The smallest absolute Gasteiger partial charge is 0.453 e. The zero-order valence-corrected chi connectivity index (χ0v) is 19.6. The average molecular weight is 503 g/mol. The minimum absolute atomic E-state index is 0.0460. The molecule has 0 spiro atoms. The number of halogens is 3. The van der Waals surface area contributed by atoms with Crippen LogP contribution in [0.25, 0.3) is 11.2 Å². The highest BCUT2D eigenvalue weighted by atomic mass is 19.4. The summed E-state index contributed by atoms with van der Waals surface area (Å²) in [5.41, 5.74) is 2.11. The van der Waals surface area contributed by atoms with Gasteiger partial charge in [0.15, 0.2) is 5.65 Å². The predicted octanol–water partition coefficient (Wildman–Crippen LogP) is 1.98. The number of pyridine rings is 1. The first-order valence-corrected chi connectivity index (χ1v) is 11.6. The summed E-state index contributed by atoms with van der Waals surface area (Å²) in [7, 11) is 1.81. The molecular weight excluding hydrogens is 477 g/mol. The standard InChI is InChI=1S/C23H25F3N8O2/c1-31-10-11-32(15-21(31)35)12-13-36-20-5-2-17(14-27-20)16-6-8-33(9-7-16)19-4-3-18-28-29-22(23(24,25)26)34(18)30-19/h2-6,14H,7-13,15H2,1H3. The normalized spacial score (nSPS) is 17.6. The Bertz CT molecular complexity index is 1270. The van der Waals surface area contributed by atoms with Crippen molar-refractivity contribution in [2.45, 2.75) is 12.6 Å². The lowest BCUT2D eigenvalue weighted by atomic mass is 10.0. The summed E-state index contributed by atoms with van der Waals surface area (Å²) in [6, 6.07) is 6.89. The van der Waals surface area contributed by atoms with Crippen molar-refractivity contribution in [1.82, 2.24) is 34.6 Å². The number of amides is 1. The van der Waals surface area contributed by atoms with Crippen molar-refractivity contribution in [2.24, 2.45) is 0 Å². The number of fused-ring (bicyclic) bond motifs is 1. The van der Waals surface area contributed by atoms with Crippen molar-refractivity contribution in [3.63, 3.8) is 0 Å². The Kier molecular flexibility index (Phi) is 6.48. The fourth-order valence-corrected chi connectivity index (χ4v) is 4.20. The van der Waals surface area contributed by atoms with Gasteiger partial charge in [0.2, 0.25) is 11.8 Å². The fraction of sp³-hybridized carbons (Fsp3) is 0.435. The van der Waals surface area contributed by atoms with Crippen LogP contribution in [0.5, 0.6) is 5.88 Å². The zero-order chi connectivity index (χ0) is 25.3. The molecule has 2 aliphatic heterocycles. The average Bonchev–Trinajstić information content (AvgIpc) is 3.31. The molecule has 190 valence electrons. The van der Waals surface area contributed by atoms with Gasteiger partial charge < -0.3 is 14.5 Å². The molecule has 1 fully saturated rings. The van der Waals surface area contributed by atoms with Gasteiger partial charge in [-0.05, 0) is 35.8 Å². The zero-order valence-electron chi connectivity index (χ0n) is 19.6. The number of hydrogen-bond donors (Lipinski definition) is 0. The van der Waals surface area contributed by atoms with Gasteiger partial charge in [-0.3, -0.25) is 9.69 Å². The number of hydrogen-bond acceptors (Lipinski definition) is 8. The molecule has 3 aromatic rings. The van der Waals surface area contributed by atoms with Crippen molar-refractivity contribution < 1.29 is 22.7 Å². The first-order chi connectivity index (χ1) is 17.3. The van der Waals surface area contributed by atoms with Crippen molar-refractivity contribution >= 4 is 22.9 Å². The summed E-state index contributed by atoms with van der Waals surface area (Å²) in [5, 5.41) is 10.9. The largest absolute Gasteiger partial charge is 0.476 e. The van der Waals surface area contributed by atoms with Crippen LogP contribution in [-0.4, -0.2) is 93.4 Å². The Labute approximate surface area is 205 Å². The van der Waals surface area contributed by atoms with E-state index in [1.807, 2.05) is 30.2 Å². The number of piperazine rings is 1. The van der Waals surface area contributed by atoms with Crippen LogP contribution in [0.3, 0.4) is 0 Å². The molecule has 5 rings (SSSR count). The predicted molar refractivity (Wildman–Crippen MR) is 124 cm³/mol. The third-order valence-corrected chi connectivity index (χ3v) is 6.34. The molecule has 0 N–H and O–H groups in total. The topological polar surface area (TPSA) is 92.0 Å². The van der Waals surface area contributed by atoms with Crippen LogP contribution in [0, 0.1) is 0 Å². The minimum atomic E-state index is -4.63. The van der Waals surface area contributed by atoms with Crippen molar-refractivity contribution in [3.8, 4) is 5.88 Å². The monoisotopic (exact) mass is 502 g/mol. The van der Waals surface area contributed by atoms with Crippen LogP contribution < -0.4 is 9.64 Å². The van der Waals surface area contributed by atoms with E-state index < -0.39 is 12.0 Å². The molecule has 0 saturated carbocycles. The fourth-order valence-electron chi connectivity index (χ4n) is 4.20. The summed E-state index contributed by atoms with van der Waals surface area (Å²) >= 11 is 0. The maximum Gasteiger partial charge on any atom is 0.453 e. The van der Waals surface area contributed by atoms with Gasteiger partial charge in [0, 0.05) is 52.0 Å². The highest BCUT2D eigenvalue weighted by molar-refractivity contribution is 5.78. The molecule has 10 nitrogen and oxygen atoms in total. The molecule has 5 heterocycles. The van der Waals surface area contributed by atoms with Crippen LogP contribution in [0.1, 0.15) is 17.8 Å².